The van der Waals surface area contributed by atoms with Crippen LogP contribution in [-0.2, 0) is 16.0 Å². The lowest BCUT2D eigenvalue weighted by molar-refractivity contribution is -0.00431. The first-order valence-electron chi connectivity index (χ1n) is 6.34. The van der Waals surface area contributed by atoms with E-state index >= 15 is 0 Å². The van der Waals surface area contributed by atoms with Crippen LogP contribution in [0.5, 0.6) is 5.75 Å². The summed E-state index contributed by atoms with van der Waals surface area (Å²) in [4.78, 5) is 0. The van der Waals surface area contributed by atoms with Gasteiger partial charge in [-0.3, -0.25) is 0 Å². The highest BCUT2D eigenvalue weighted by Crippen LogP contribution is 2.19. The maximum Gasteiger partial charge on any atom is 0.123 e. The topological polar surface area (TPSA) is 73.9 Å². The second-order valence-corrected chi connectivity index (χ2v) is 4.35. The van der Waals surface area contributed by atoms with E-state index in [0.29, 0.717) is 25.5 Å². The summed E-state index contributed by atoms with van der Waals surface area (Å²) in [5, 5.41) is 9.71. The van der Waals surface area contributed by atoms with Crippen molar-refractivity contribution in [1.82, 2.24) is 0 Å². The summed E-state index contributed by atoms with van der Waals surface area (Å²) in [7, 11) is 1.61. The number of benzene rings is 1. The van der Waals surface area contributed by atoms with Crippen LogP contribution in [0.3, 0.4) is 0 Å². The van der Waals surface area contributed by atoms with Crippen molar-refractivity contribution in [2.75, 3.05) is 33.5 Å². The molecule has 0 aliphatic carbocycles. The molecule has 0 amide bonds. The van der Waals surface area contributed by atoms with Gasteiger partial charge >= 0.3 is 0 Å². The van der Waals surface area contributed by atoms with Crippen LogP contribution in [0.1, 0.15) is 11.1 Å². The zero-order chi connectivity index (χ0) is 14.1. The molecule has 0 heterocycles. The van der Waals surface area contributed by atoms with Crippen molar-refractivity contribution < 1.29 is 19.3 Å². The summed E-state index contributed by atoms with van der Waals surface area (Å²) in [6.07, 6.45) is -0.663. The molecule has 1 unspecified atom stereocenters. The van der Waals surface area contributed by atoms with Gasteiger partial charge in [-0.25, -0.2) is 0 Å². The van der Waals surface area contributed by atoms with E-state index < -0.39 is 6.10 Å². The number of hydrogen-bond donors (Lipinski definition) is 2. The zero-order valence-corrected chi connectivity index (χ0v) is 11.6. The summed E-state index contributed by atoms with van der Waals surface area (Å²) in [6, 6.07) is 5.81. The molecule has 0 saturated heterocycles. The van der Waals surface area contributed by atoms with Gasteiger partial charge < -0.3 is 25.1 Å². The molecule has 5 heteroatoms. The minimum absolute atomic E-state index is 0.184. The van der Waals surface area contributed by atoms with Crippen LogP contribution in [0.2, 0.25) is 0 Å². The molecule has 0 bridgehead atoms. The van der Waals surface area contributed by atoms with Crippen LogP contribution < -0.4 is 10.5 Å². The van der Waals surface area contributed by atoms with E-state index in [1.165, 1.54) is 0 Å². The molecule has 3 N–H and O–H groups in total. The van der Waals surface area contributed by atoms with E-state index in [2.05, 4.69) is 0 Å². The fourth-order valence-corrected chi connectivity index (χ4v) is 1.60. The third-order valence-electron chi connectivity index (χ3n) is 2.61. The van der Waals surface area contributed by atoms with Crippen molar-refractivity contribution in [3.05, 3.63) is 29.3 Å². The van der Waals surface area contributed by atoms with E-state index in [1.54, 1.807) is 7.11 Å². The van der Waals surface area contributed by atoms with Gasteiger partial charge in [0, 0.05) is 19.2 Å². The molecule has 108 valence electrons. The third-order valence-corrected chi connectivity index (χ3v) is 2.61. The van der Waals surface area contributed by atoms with Crippen LogP contribution in [0.4, 0.5) is 0 Å². The molecule has 0 aliphatic heterocycles. The largest absolute Gasteiger partial charge is 0.490 e. The van der Waals surface area contributed by atoms with Crippen LogP contribution in [-0.4, -0.2) is 44.7 Å². The van der Waals surface area contributed by atoms with Crippen molar-refractivity contribution in [2.24, 2.45) is 5.73 Å². The van der Waals surface area contributed by atoms with Crippen molar-refractivity contribution >= 4 is 0 Å². The van der Waals surface area contributed by atoms with Crippen LogP contribution in [0.25, 0.3) is 0 Å². The maximum absolute atomic E-state index is 9.71. The minimum atomic E-state index is -0.663. The number of aliphatic hydroxyl groups excluding tert-OH is 1. The molecule has 19 heavy (non-hydrogen) atoms. The molecule has 0 saturated carbocycles. The molecule has 1 atom stereocenters. The first kappa shape index (κ1) is 15.9. The lowest BCUT2D eigenvalue weighted by atomic mass is 10.1. The Morgan fingerprint density at radius 3 is 2.74 bits per heavy atom. The number of aryl methyl sites for hydroxylation is 1. The van der Waals surface area contributed by atoms with Crippen molar-refractivity contribution in [2.45, 2.75) is 19.6 Å². The summed E-state index contributed by atoms with van der Waals surface area (Å²) in [5.41, 5.74) is 7.73. The number of ether oxygens (including phenoxy) is 3. The van der Waals surface area contributed by atoms with Crippen molar-refractivity contribution in [3.63, 3.8) is 0 Å². The number of nitrogens with two attached hydrogens (primary N) is 1. The van der Waals surface area contributed by atoms with Crippen molar-refractivity contribution in [3.8, 4) is 5.75 Å². The maximum atomic E-state index is 9.71. The van der Waals surface area contributed by atoms with E-state index in [1.807, 2.05) is 25.1 Å². The molecule has 0 radical (unpaired) electrons. The molecular weight excluding hydrogens is 246 g/mol. The molecule has 1 rings (SSSR count). The van der Waals surface area contributed by atoms with Gasteiger partial charge in [-0.05, 0) is 13.0 Å². The molecule has 0 aliphatic rings. The second-order valence-electron chi connectivity index (χ2n) is 4.35. The zero-order valence-electron chi connectivity index (χ0n) is 11.6. The highest BCUT2D eigenvalue weighted by Gasteiger charge is 2.08. The number of methoxy groups -OCH3 is 1. The summed E-state index contributed by atoms with van der Waals surface area (Å²) in [6.45, 7) is 3.81. The van der Waals surface area contributed by atoms with E-state index in [9.17, 15) is 5.11 Å². The highest BCUT2D eigenvalue weighted by molar-refractivity contribution is 5.36. The van der Waals surface area contributed by atoms with Gasteiger partial charge in [-0.1, -0.05) is 17.7 Å². The van der Waals surface area contributed by atoms with E-state index in [4.69, 9.17) is 19.9 Å². The molecule has 5 nitrogen and oxygen atoms in total. The molecule has 1 aromatic carbocycles. The standard InChI is InChI=1S/C14H23NO4/c1-11-3-4-14(12(7-11)8-15)19-10-13(16)9-18-6-5-17-2/h3-4,7,13,16H,5-6,8-10,15H2,1-2H3. The SMILES string of the molecule is COCCOCC(O)COc1ccc(C)cc1CN. The average molecular weight is 269 g/mol. The lowest BCUT2D eigenvalue weighted by Gasteiger charge is -2.15. The van der Waals surface area contributed by atoms with Gasteiger partial charge in [-0.15, -0.1) is 0 Å². The van der Waals surface area contributed by atoms with E-state index in [-0.39, 0.29) is 13.2 Å². The fourth-order valence-electron chi connectivity index (χ4n) is 1.60. The van der Waals surface area contributed by atoms with E-state index in [0.717, 1.165) is 11.1 Å². The quantitative estimate of drug-likeness (QED) is 0.650. The fraction of sp³-hybridized carbons (Fsp3) is 0.571. The first-order valence-corrected chi connectivity index (χ1v) is 6.34. The number of aliphatic hydroxyl groups is 1. The van der Waals surface area contributed by atoms with Gasteiger partial charge in [-0.2, -0.15) is 0 Å². The predicted molar refractivity (Wildman–Crippen MR) is 73.3 cm³/mol. The lowest BCUT2D eigenvalue weighted by Crippen LogP contribution is -2.24. The van der Waals surface area contributed by atoms with Crippen molar-refractivity contribution in [1.29, 1.82) is 0 Å². The smallest absolute Gasteiger partial charge is 0.123 e. The Labute approximate surface area is 114 Å². The first-order chi connectivity index (χ1) is 9.17. The Morgan fingerprint density at radius 2 is 2.05 bits per heavy atom. The average Bonchev–Trinajstić information content (AvgIpc) is 2.42. The molecule has 1 aromatic rings. The molecule has 0 aromatic heterocycles. The van der Waals surface area contributed by atoms with Gasteiger partial charge in [0.2, 0.25) is 0 Å². The Hall–Kier alpha value is -1.14. The third kappa shape index (κ3) is 6.02. The van der Waals surface area contributed by atoms with Crippen LogP contribution >= 0.6 is 0 Å². The normalized spacial score (nSPS) is 12.4. The van der Waals surface area contributed by atoms with Gasteiger partial charge in [0.05, 0.1) is 19.8 Å². The number of rotatable bonds is 9. The number of hydrogen-bond acceptors (Lipinski definition) is 5. The minimum Gasteiger partial charge on any atom is -0.490 e. The van der Waals surface area contributed by atoms with Crippen LogP contribution in [0, 0.1) is 6.92 Å². The monoisotopic (exact) mass is 269 g/mol. The Balaban J connectivity index is 2.35. The highest BCUT2D eigenvalue weighted by atomic mass is 16.5. The summed E-state index contributed by atoms with van der Waals surface area (Å²) < 4.78 is 15.6. The van der Waals surface area contributed by atoms with Gasteiger partial charge in [0.1, 0.15) is 18.5 Å². The molecule has 0 fully saturated rings. The molecule has 0 spiro atoms. The molecular formula is C14H23NO4. The Bertz CT molecular complexity index is 370. The second kappa shape index (κ2) is 8.87. The summed E-state index contributed by atoms with van der Waals surface area (Å²) in [5.74, 6) is 0.712. The Kier molecular flexibility index (Phi) is 7.43. The Morgan fingerprint density at radius 1 is 1.26 bits per heavy atom. The van der Waals surface area contributed by atoms with Gasteiger partial charge in [0.15, 0.2) is 0 Å². The summed E-state index contributed by atoms with van der Waals surface area (Å²) >= 11 is 0. The van der Waals surface area contributed by atoms with Crippen LogP contribution in [0.15, 0.2) is 18.2 Å². The predicted octanol–water partition coefficient (Wildman–Crippen LogP) is 0.856. The van der Waals surface area contributed by atoms with Gasteiger partial charge in [0.25, 0.3) is 0 Å².